The van der Waals surface area contributed by atoms with Crippen molar-refractivity contribution < 1.29 is 14.7 Å². The maximum absolute atomic E-state index is 11.4. The molecular formula is C10H11NO3. The summed E-state index contributed by atoms with van der Waals surface area (Å²) in [5.41, 5.74) is 0.540. The highest BCUT2D eigenvalue weighted by molar-refractivity contribution is 5.95. The molecule has 0 aromatic heterocycles. The monoisotopic (exact) mass is 193 g/mol. The summed E-state index contributed by atoms with van der Waals surface area (Å²) < 4.78 is 0. The maximum Gasteiger partial charge on any atom is 0.253 e. The van der Waals surface area contributed by atoms with Crippen LogP contribution >= 0.6 is 0 Å². The Labute approximate surface area is 81.8 Å². The van der Waals surface area contributed by atoms with Crippen molar-refractivity contribution in [3.8, 4) is 5.75 Å². The molecule has 0 aliphatic rings. The van der Waals surface area contributed by atoms with Crippen LogP contribution in [0, 0.1) is 0 Å². The van der Waals surface area contributed by atoms with Crippen molar-refractivity contribution in [1.82, 2.24) is 4.90 Å². The fraction of sp³-hybridized carbons (Fsp3) is 0.200. The molecule has 0 aliphatic heterocycles. The van der Waals surface area contributed by atoms with Crippen LogP contribution in [0.3, 0.4) is 0 Å². The standard InChI is InChI=1S/C10H11NO3/c1-11(2)10(14)7-3-4-8(6-12)9(13)5-7/h3-6,13H,1-2H3. The molecule has 0 radical (unpaired) electrons. The lowest BCUT2D eigenvalue weighted by atomic mass is 10.1. The first-order chi connectivity index (χ1) is 6.56. The molecule has 0 bridgehead atoms. The molecule has 0 aliphatic carbocycles. The van der Waals surface area contributed by atoms with E-state index in [1.807, 2.05) is 0 Å². The van der Waals surface area contributed by atoms with Gasteiger partial charge in [0.05, 0.1) is 5.56 Å². The average molecular weight is 193 g/mol. The second-order valence-electron chi connectivity index (χ2n) is 3.09. The first-order valence-corrected chi connectivity index (χ1v) is 4.06. The van der Waals surface area contributed by atoms with Crippen molar-refractivity contribution in [1.29, 1.82) is 0 Å². The summed E-state index contributed by atoms with van der Waals surface area (Å²) in [6, 6.07) is 4.21. The van der Waals surface area contributed by atoms with E-state index in [1.54, 1.807) is 14.1 Å². The second kappa shape index (κ2) is 3.91. The Kier molecular flexibility index (Phi) is 2.86. The molecule has 74 valence electrons. The van der Waals surface area contributed by atoms with Gasteiger partial charge in [-0.25, -0.2) is 0 Å². The lowest BCUT2D eigenvalue weighted by Gasteiger charge is -2.10. The van der Waals surface area contributed by atoms with Crippen LogP contribution in [0.4, 0.5) is 0 Å². The highest BCUT2D eigenvalue weighted by Gasteiger charge is 2.10. The Bertz CT molecular complexity index is 372. The van der Waals surface area contributed by atoms with Gasteiger partial charge < -0.3 is 10.0 Å². The zero-order valence-corrected chi connectivity index (χ0v) is 8.02. The summed E-state index contributed by atoms with van der Waals surface area (Å²) in [5, 5.41) is 9.32. The molecule has 1 N–H and O–H groups in total. The number of carbonyl (C=O) groups excluding carboxylic acids is 2. The molecule has 0 heterocycles. The number of phenols is 1. The molecule has 4 heteroatoms. The summed E-state index contributed by atoms with van der Waals surface area (Å²) in [4.78, 5) is 23.2. The van der Waals surface area contributed by atoms with Crippen molar-refractivity contribution in [2.45, 2.75) is 0 Å². The summed E-state index contributed by atoms with van der Waals surface area (Å²) in [6.07, 6.45) is 0.541. The number of phenolic OH excluding ortho intramolecular Hbond substituents is 1. The Hall–Kier alpha value is -1.84. The van der Waals surface area contributed by atoms with Gasteiger partial charge in [0.25, 0.3) is 5.91 Å². The van der Waals surface area contributed by atoms with E-state index in [0.29, 0.717) is 11.8 Å². The molecule has 0 atom stereocenters. The molecule has 14 heavy (non-hydrogen) atoms. The third-order valence-electron chi connectivity index (χ3n) is 1.81. The smallest absolute Gasteiger partial charge is 0.253 e. The number of hydrogen-bond donors (Lipinski definition) is 1. The number of nitrogens with zero attached hydrogens (tertiary/aromatic N) is 1. The SMILES string of the molecule is CN(C)C(=O)c1ccc(C=O)c(O)c1. The highest BCUT2D eigenvalue weighted by Crippen LogP contribution is 2.17. The number of amides is 1. The maximum atomic E-state index is 11.4. The minimum Gasteiger partial charge on any atom is -0.507 e. The van der Waals surface area contributed by atoms with Crippen LogP contribution in [0.15, 0.2) is 18.2 Å². The Morgan fingerprint density at radius 2 is 2.07 bits per heavy atom. The van der Waals surface area contributed by atoms with E-state index in [-0.39, 0.29) is 17.2 Å². The summed E-state index contributed by atoms with van der Waals surface area (Å²) in [7, 11) is 3.24. The van der Waals surface area contributed by atoms with Gasteiger partial charge in [0.2, 0.25) is 0 Å². The predicted octanol–water partition coefficient (Wildman–Crippen LogP) is 0.907. The van der Waals surface area contributed by atoms with E-state index in [0.717, 1.165) is 0 Å². The van der Waals surface area contributed by atoms with Crippen molar-refractivity contribution in [2.24, 2.45) is 0 Å². The van der Waals surface area contributed by atoms with Gasteiger partial charge in [-0.05, 0) is 18.2 Å². The number of aldehydes is 1. The quantitative estimate of drug-likeness (QED) is 0.710. The topological polar surface area (TPSA) is 57.6 Å². The van der Waals surface area contributed by atoms with E-state index in [4.69, 9.17) is 0 Å². The largest absolute Gasteiger partial charge is 0.507 e. The lowest BCUT2D eigenvalue weighted by molar-refractivity contribution is 0.0826. The Morgan fingerprint density at radius 1 is 1.43 bits per heavy atom. The normalized spacial score (nSPS) is 9.57. The van der Waals surface area contributed by atoms with Crippen LogP contribution in [0.1, 0.15) is 20.7 Å². The minimum absolute atomic E-state index is 0.173. The number of rotatable bonds is 2. The van der Waals surface area contributed by atoms with E-state index in [9.17, 15) is 14.7 Å². The van der Waals surface area contributed by atoms with Crippen LogP contribution in [-0.4, -0.2) is 36.3 Å². The van der Waals surface area contributed by atoms with Crippen LogP contribution in [0.5, 0.6) is 5.75 Å². The zero-order valence-electron chi connectivity index (χ0n) is 8.02. The number of aromatic hydroxyl groups is 1. The fourth-order valence-electron chi connectivity index (χ4n) is 1.03. The average Bonchev–Trinajstić information content (AvgIpc) is 2.16. The van der Waals surface area contributed by atoms with Crippen LogP contribution in [0.25, 0.3) is 0 Å². The van der Waals surface area contributed by atoms with Gasteiger partial charge in [0.1, 0.15) is 5.75 Å². The van der Waals surface area contributed by atoms with Gasteiger partial charge in [-0.15, -0.1) is 0 Å². The second-order valence-corrected chi connectivity index (χ2v) is 3.09. The molecule has 1 rings (SSSR count). The number of carbonyl (C=O) groups is 2. The Morgan fingerprint density at radius 3 is 2.50 bits per heavy atom. The molecule has 1 aromatic rings. The molecule has 1 aromatic carbocycles. The van der Waals surface area contributed by atoms with Crippen molar-refractivity contribution in [3.05, 3.63) is 29.3 Å². The van der Waals surface area contributed by atoms with Crippen LogP contribution in [0.2, 0.25) is 0 Å². The van der Waals surface area contributed by atoms with Gasteiger partial charge in [0, 0.05) is 19.7 Å². The van der Waals surface area contributed by atoms with Gasteiger partial charge in [-0.2, -0.15) is 0 Å². The van der Waals surface area contributed by atoms with Gasteiger partial charge in [-0.1, -0.05) is 0 Å². The molecule has 1 amide bonds. The molecule has 0 unspecified atom stereocenters. The minimum atomic E-state index is -0.210. The first kappa shape index (κ1) is 10.2. The molecule has 0 saturated heterocycles. The highest BCUT2D eigenvalue weighted by atomic mass is 16.3. The Balaban J connectivity index is 3.08. The van der Waals surface area contributed by atoms with E-state index >= 15 is 0 Å². The van der Waals surface area contributed by atoms with Crippen LogP contribution < -0.4 is 0 Å². The number of benzene rings is 1. The first-order valence-electron chi connectivity index (χ1n) is 4.06. The van der Waals surface area contributed by atoms with E-state index < -0.39 is 0 Å². The van der Waals surface area contributed by atoms with Gasteiger partial charge in [-0.3, -0.25) is 9.59 Å². The molecule has 0 saturated carbocycles. The number of hydrogen-bond acceptors (Lipinski definition) is 3. The lowest BCUT2D eigenvalue weighted by Crippen LogP contribution is -2.21. The third kappa shape index (κ3) is 1.90. The molecule has 4 nitrogen and oxygen atoms in total. The van der Waals surface area contributed by atoms with E-state index in [2.05, 4.69) is 0 Å². The molecular weight excluding hydrogens is 182 g/mol. The van der Waals surface area contributed by atoms with Crippen LogP contribution in [-0.2, 0) is 0 Å². The van der Waals surface area contributed by atoms with E-state index in [1.165, 1.54) is 23.1 Å². The summed E-state index contributed by atoms with van der Waals surface area (Å²) in [5.74, 6) is -0.384. The molecule has 0 spiro atoms. The van der Waals surface area contributed by atoms with Crippen molar-refractivity contribution >= 4 is 12.2 Å². The van der Waals surface area contributed by atoms with Crippen molar-refractivity contribution in [2.75, 3.05) is 14.1 Å². The summed E-state index contributed by atoms with van der Waals surface area (Å²) >= 11 is 0. The third-order valence-corrected chi connectivity index (χ3v) is 1.81. The van der Waals surface area contributed by atoms with Gasteiger partial charge in [0.15, 0.2) is 6.29 Å². The summed E-state index contributed by atoms with van der Waals surface area (Å²) in [6.45, 7) is 0. The zero-order chi connectivity index (χ0) is 10.7. The van der Waals surface area contributed by atoms with Gasteiger partial charge >= 0.3 is 0 Å². The predicted molar refractivity (Wildman–Crippen MR) is 51.5 cm³/mol. The molecule has 0 fully saturated rings. The van der Waals surface area contributed by atoms with Crippen molar-refractivity contribution in [3.63, 3.8) is 0 Å². The fourth-order valence-corrected chi connectivity index (χ4v) is 1.03.